The quantitative estimate of drug-likeness (QED) is 0.800. The highest BCUT2D eigenvalue weighted by Crippen LogP contribution is 2.32. The predicted molar refractivity (Wildman–Crippen MR) is 80.9 cm³/mol. The first-order valence-corrected chi connectivity index (χ1v) is 7.33. The van der Waals surface area contributed by atoms with Crippen LogP contribution in [0.5, 0.6) is 0 Å². The number of fused-ring (bicyclic) bond motifs is 1. The summed E-state index contributed by atoms with van der Waals surface area (Å²) in [5.74, 6) is 0.624. The third-order valence-corrected chi connectivity index (χ3v) is 4.30. The lowest BCUT2D eigenvalue weighted by molar-refractivity contribution is 0.0747. The number of hydrogen-bond acceptors (Lipinski definition) is 6. The lowest BCUT2D eigenvalue weighted by Crippen LogP contribution is -2.30. The van der Waals surface area contributed by atoms with Crippen molar-refractivity contribution in [1.29, 1.82) is 0 Å². The van der Waals surface area contributed by atoms with Crippen molar-refractivity contribution >= 4 is 33.1 Å². The molecule has 108 valence electrons. The molecule has 0 fully saturated rings. The molecule has 3 heterocycles. The van der Waals surface area contributed by atoms with Gasteiger partial charge in [-0.05, 0) is 25.1 Å². The maximum atomic E-state index is 12.7. The van der Waals surface area contributed by atoms with Crippen LogP contribution < -0.4 is 5.73 Å². The van der Waals surface area contributed by atoms with Gasteiger partial charge < -0.3 is 15.1 Å². The van der Waals surface area contributed by atoms with Crippen LogP contribution in [0.3, 0.4) is 0 Å². The van der Waals surface area contributed by atoms with Gasteiger partial charge in [-0.25, -0.2) is 0 Å². The van der Waals surface area contributed by atoms with E-state index in [1.54, 1.807) is 29.5 Å². The van der Waals surface area contributed by atoms with E-state index in [-0.39, 0.29) is 5.91 Å². The van der Waals surface area contributed by atoms with Gasteiger partial charge in [0.15, 0.2) is 0 Å². The van der Waals surface area contributed by atoms with Gasteiger partial charge in [0.2, 0.25) is 0 Å². The van der Waals surface area contributed by atoms with Gasteiger partial charge in [0.05, 0.1) is 24.7 Å². The van der Waals surface area contributed by atoms with E-state index in [2.05, 4.69) is 10.2 Å². The van der Waals surface area contributed by atoms with E-state index >= 15 is 0 Å². The fraction of sp³-hybridized carbons (Fsp3) is 0.214. The molecule has 0 atom stereocenters. The number of hydrogen-bond donors (Lipinski definition) is 1. The van der Waals surface area contributed by atoms with Gasteiger partial charge in [0.1, 0.15) is 15.5 Å². The number of thiophene rings is 1. The number of amides is 1. The van der Waals surface area contributed by atoms with Crippen LogP contribution in [0.15, 0.2) is 35.1 Å². The highest BCUT2D eigenvalue weighted by molar-refractivity contribution is 7.21. The number of nitrogens with zero attached hydrogens (tertiary/aromatic N) is 3. The highest BCUT2D eigenvalue weighted by Gasteiger charge is 2.22. The van der Waals surface area contributed by atoms with E-state index in [9.17, 15) is 4.79 Å². The van der Waals surface area contributed by atoms with E-state index < -0.39 is 0 Å². The third-order valence-electron chi connectivity index (χ3n) is 3.21. The minimum absolute atomic E-state index is 0.116. The van der Waals surface area contributed by atoms with Crippen molar-refractivity contribution in [3.05, 3.63) is 41.3 Å². The molecule has 0 aliphatic carbocycles. The molecule has 0 radical (unpaired) electrons. The molecule has 0 bridgehead atoms. The number of aromatic nitrogens is 2. The molecule has 6 nitrogen and oxygen atoms in total. The van der Waals surface area contributed by atoms with Crippen molar-refractivity contribution in [2.24, 2.45) is 0 Å². The fourth-order valence-corrected chi connectivity index (χ4v) is 3.10. The Morgan fingerprint density at radius 2 is 2.33 bits per heavy atom. The van der Waals surface area contributed by atoms with E-state index in [0.29, 0.717) is 28.5 Å². The summed E-state index contributed by atoms with van der Waals surface area (Å²) < 4.78 is 5.30. The van der Waals surface area contributed by atoms with Crippen molar-refractivity contribution in [1.82, 2.24) is 15.1 Å². The number of rotatable bonds is 4. The largest absolute Gasteiger partial charge is 0.467 e. The van der Waals surface area contributed by atoms with Crippen molar-refractivity contribution in [2.75, 3.05) is 12.3 Å². The molecule has 0 unspecified atom stereocenters. The van der Waals surface area contributed by atoms with E-state index in [4.69, 9.17) is 10.2 Å². The second kappa shape index (κ2) is 5.53. The van der Waals surface area contributed by atoms with E-state index in [1.165, 1.54) is 11.3 Å². The van der Waals surface area contributed by atoms with Crippen LogP contribution in [0.25, 0.3) is 10.2 Å². The van der Waals surface area contributed by atoms with Crippen LogP contribution in [0, 0.1) is 0 Å². The SMILES string of the molecule is CCN(Cc1ccco1)C(=O)c1sc2nnccc2c1N. The Morgan fingerprint density at radius 1 is 1.48 bits per heavy atom. The van der Waals surface area contributed by atoms with Crippen LogP contribution >= 0.6 is 11.3 Å². The standard InChI is InChI=1S/C14H14N4O2S/c1-2-18(8-9-4-3-7-20-9)14(19)12-11(15)10-5-6-16-17-13(10)21-12/h3-7H,2,8,15H2,1H3. The monoisotopic (exact) mass is 302 g/mol. The summed E-state index contributed by atoms with van der Waals surface area (Å²) in [7, 11) is 0. The van der Waals surface area contributed by atoms with Crippen LogP contribution in [0.4, 0.5) is 5.69 Å². The molecule has 0 saturated carbocycles. The zero-order valence-electron chi connectivity index (χ0n) is 11.4. The molecule has 3 aromatic heterocycles. The Hall–Kier alpha value is -2.41. The lowest BCUT2D eigenvalue weighted by atomic mass is 10.2. The molecule has 3 aromatic rings. The highest BCUT2D eigenvalue weighted by atomic mass is 32.1. The van der Waals surface area contributed by atoms with Crippen LogP contribution in [0.1, 0.15) is 22.4 Å². The van der Waals surface area contributed by atoms with Gasteiger partial charge in [0, 0.05) is 11.9 Å². The Kier molecular flexibility index (Phi) is 3.57. The zero-order chi connectivity index (χ0) is 14.8. The minimum Gasteiger partial charge on any atom is -0.467 e. The van der Waals surface area contributed by atoms with Gasteiger partial charge in [-0.2, -0.15) is 5.10 Å². The first kappa shape index (κ1) is 13.6. The van der Waals surface area contributed by atoms with E-state index in [0.717, 1.165) is 11.1 Å². The second-order valence-corrected chi connectivity index (χ2v) is 5.49. The number of anilines is 1. The molecule has 1 amide bonds. The van der Waals surface area contributed by atoms with Gasteiger partial charge in [0.25, 0.3) is 5.91 Å². The summed E-state index contributed by atoms with van der Waals surface area (Å²) in [6, 6.07) is 5.42. The summed E-state index contributed by atoms with van der Waals surface area (Å²) in [6.07, 6.45) is 3.16. The third kappa shape index (κ3) is 2.47. The normalized spacial score (nSPS) is 10.9. The molecule has 0 aromatic carbocycles. The van der Waals surface area contributed by atoms with Gasteiger partial charge in [-0.3, -0.25) is 4.79 Å². The lowest BCUT2D eigenvalue weighted by Gasteiger charge is -2.19. The molecule has 3 rings (SSSR count). The second-order valence-electron chi connectivity index (χ2n) is 4.49. The Labute approximate surface area is 125 Å². The number of carbonyl (C=O) groups excluding carboxylic acids is 1. The van der Waals surface area contributed by atoms with Gasteiger partial charge >= 0.3 is 0 Å². The molecule has 0 spiro atoms. The maximum Gasteiger partial charge on any atom is 0.266 e. The number of carbonyl (C=O) groups is 1. The number of nitrogens with two attached hydrogens (primary N) is 1. The molecular weight excluding hydrogens is 288 g/mol. The van der Waals surface area contributed by atoms with Crippen LogP contribution in [-0.4, -0.2) is 27.5 Å². The first-order valence-electron chi connectivity index (χ1n) is 6.52. The number of nitrogen functional groups attached to an aromatic ring is 1. The van der Waals surface area contributed by atoms with Crippen LogP contribution in [-0.2, 0) is 6.54 Å². The molecule has 7 heteroatoms. The maximum absolute atomic E-state index is 12.7. The van der Waals surface area contributed by atoms with E-state index in [1.807, 2.05) is 13.0 Å². The molecule has 0 aliphatic rings. The molecule has 0 saturated heterocycles. The summed E-state index contributed by atoms with van der Waals surface area (Å²) in [5, 5.41) is 8.59. The molecule has 2 N–H and O–H groups in total. The number of furan rings is 1. The molecule has 0 aliphatic heterocycles. The van der Waals surface area contributed by atoms with Gasteiger partial charge in [-0.15, -0.1) is 16.4 Å². The average molecular weight is 302 g/mol. The van der Waals surface area contributed by atoms with Crippen LogP contribution in [0.2, 0.25) is 0 Å². The first-order chi connectivity index (χ1) is 10.2. The average Bonchev–Trinajstić information content (AvgIpc) is 3.13. The van der Waals surface area contributed by atoms with Crippen molar-refractivity contribution in [3.63, 3.8) is 0 Å². The molecular formula is C14H14N4O2S. The summed E-state index contributed by atoms with van der Waals surface area (Å²) in [4.78, 5) is 15.5. The van der Waals surface area contributed by atoms with Crippen molar-refractivity contribution < 1.29 is 9.21 Å². The molecule has 21 heavy (non-hydrogen) atoms. The van der Waals surface area contributed by atoms with Crippen molar-refractivity contribution in [3.8, 4) is 0 Å². The minimum atomic E-state index is -0.116. The smallest absolute Gasteiger partial charge is 0.266 e. The zero-order valence-corrected chi connectivity index (χ0v) is 12.3. The Morgan fingerprint density at radius 3 is 3.00 bits per heavy atom. The Balaban J connectivity index is 1.93. The summed E-state index contributed by atoms with van der Waals surface area (Å²) >= 11 is 1.27. The summed E-state index contributed by atoms with van der Waals surface area (Å²) in [5.41, 5.74) is 6.54. The Bertz CT molecular complexity index is 766. The van der Waals surface area contributed by atoms with Gasteiger partial charge in [-0.1, -0.05) is 0 Å². The predicted octanol–water partition coefficient (Wildman–Crippen LogP) is 2.53. The fourth-order valence-electron chi connectivity index (χ4n) is 2.09. The topological polar surface area (TPSA) is 85.2 Å². The summed E-state index contributed by atoms with van der Waals surface area (Å²) in [6.45, 7) is 2.91. The van der Waals surface area contributed by atoms with Crippen molar-refractivity contribution in [2.45, 2.75) is 13.5 Å².